The molecule has 0 bridgehead atoms. The Kier molecular flexibility index (Phi) is 10.2. The predicted octanol–water partition coefficient (Wildman–Crippen LogP) is 17.7. The Balaban J connectivity index is 1.35. The van der Waals surface area contributed by atoms with Crippen molar-refractivity contribution in [2.45, 2.75) is 112 Å². The second kappa shape index (κ2) is 14.7. The van der Waals surface area contributed by atoms with Crippen LogP contribution in [-0.2, 0) is 21.7 Å². The van der Waals surface area contributed by atoms with Gasteiger partial charge in [0.2, 0.25) is 0 Å². The fourth-order valence-corrected chi connectivity index (χ4v) is 10.4. The molecule has 0 aliphatic carbocycles. The first-order chi connectivity index (χ1) is 27.6. The van der Waals surface area contributed by atoms with E-state index in [9.17, 15) is 0 Å². The van der Waals surface area contributed by atoms with Gasteiger partial charge in [0.25, 0.3) is 0 Å². The number of anilines is 6. The molecule has 0 fully saturated rings. The summed E-state index contributed by atoms with van der Waals surface area (Å²) in [5.74, 6) is 0. The number of hydrogen-bond acceptors (Lipinski definition) is 4. The molecule has 0 atom stereocenters. The Labute approximate surface area is 361 Å². The van der Waals surface area contributed by atoms with E-state index in [1.165, 1.54) is 68.8 Å². The molecule has 2 heterocycles. The fraction of sp³-hybridized carbons (Fsp3) is 0.309. The number of aryl methyl sites for hydroxylation is 1. The second-order valence-electron chi connectivity index (χ2n) is 20.6. The molecule has 0 aliphatic heterocycles. The molecule has 6 aromatic carbocycles. The minimum atomic E-state index is 0.0526. The van der Waals surface area contributed by atoms with Crippen LogP contribution in [0.25, 0.3) is 30.3 Å². The van der Waals surface area contributed by atoms with Crippen LogP contribution in [-0.4, -0.2) is 0 Å². The van der Waals surface area contributed by atoms with Crippen LogP contribution in [0, 0.1) is 6.92 Å². The van der Waals surface area contributed by atoms with E-state index in [1.807, 2.05) is 22.7 Å². The Morgan fingerprint density at radius 1 is 0.390 bits per heavy atom. The van der Waals surface area contributed by atoms with Crippen molar-refractivity contribution in [1.82, 2.24) is 0 Å². The van der Waals surface area contributed by atoms with Crippen molar-refractivity contribution in [3.05, 3.63) is 155 Å². The highest BCUT2D eigenvalue weighted by Gasteiger charge is 2.25. The lowest BCUT2D eigenvalue weighted by Crippen LogP contribution is -2.15. The van der Waals surface area contributed by atoms with E-state index in [2.05, 4.69) is 227 Å². The normalized spacial score (nSPS) is 12.8. The number of rotatable bonds is 6. The molecule has 0 unspecified atom stereocenters. The summed E-state index contributed by atoms with van der Waals surface area (Å²) in [5.41, 5.74) is 12.6. The number of fused-ring (bicyclic) bond motifs is 4. The summed E-state index contributed by atoms with van der Waals surface area (Å²) < 4.78 is 3.91. The van der Waals surface area contributed by atoms with Crippen molar-refractivity contribution in [3.63, 3.8) is 0 Å². The average molecular weight is 813 g/mol. The summed E-state index contributed by atoms with van der Waals surface area (Å²) in [6, 6.07) is 48.9. The Morgan fingerprint density at radius 2 is 0.881 bits per heavy atom. The molecule has 8 aromatic rings. The number of nitrogens with zero attached hydrogens (tertiary/aromatic N) is 2. The van der Waals surface area contributed by atoms with Gasteiger partial charge in [-0.2, -0.15) is 0 Å². The van der Waals surface area contributed by atoms with E-state index >= 15 is 0 Å². The molecule has 0 saturated carbocycles. The predicted molar refractivity (Wildman–Crippen MR) is 264 cm³/mol. The topological polar surface area (TPSA) is 6.48 Å². The first-order valence-corrected chi connectivity index (χ1v) is 22.7. The maximum atomic E-state index is 2.49. The minimum Gasteiger partial charge on any atom is -0.309 e. The summed E-state index contributed by atoms with van der Waals surface area (Å²) in [7, 11) is 0. The molecule has 0 aliphatic rings. The highest BCUT2D eigenvalue weighted by atomic mass is 32.1. The van der Waals surface area contributed by atoms with Crippen molar-refractivity contribution in [1.29, 1.82) is 0 Å². The monoisotopic (exact) mass is 812 g/mol. The molecule has 8 rings (SSSR count). The summed E-state index contributed by atoms with van der Waals surface area (Å²) in [5, 5.41) is 5.12. The molecule has 0 radical (unpaired) electrons. The summed E-state index contributed by atoms with van der Waals surface area (Å²) in [6.07, 6.45) is 0. The van der Waals surface area contributed by atoms with E-state index in [4.69, 9.17) is 0 Å². The molecular weight excluding hydrogens is 753 g/mol. The lowest BCUT2D eigenvalue weighted by atomic mass is 9.86. The van der Waals surface area contributed by atoms with Gasteiger partial charge in [0, 0.05) is 42.9 Å². The number of benzene rings is 6. The van der Waals surface area contributed by atoms with Crippen LogP contribution in [0.2, 0.25) is 0 Å². The van der Waals surface area contributed by atoms with Crippen LogP contribution in [0.1, 0.15) is 111 Å². The quantitative estimate of drug-likeness (QED) is 0.165. The minimum absolute atomic E-state index is 0.0526. The molecule has 0 amide bonds. The van der Waals surface area contributed by atoms with Crippen LogP contribution < -0.4 is 9.80 Å². The number of thiophene rings is 2. The van der Waals surface area contributed by atoms with Gasteiger partial charge in [0.15, 0.2) is 0 Å². The molecule has 0 saturated heterocycles. The molecule has 4 heteroatoms. The van der Waals surface area contributed by atoms with Gasteiger partial charge in [-0.05, 0) is 141 Å². The molecule has 0 N–H and O–H groups in total. The van der Waals surface area contributed by atoms with Gasteiger partial charge < -0.3 is 9.80 Å². The molecule has 59 heavy (non-hydrogen) atoms. The lowest BCUT2D eigenvalue weighted by molar-refractivity contribution is 0.590. The van der Waals surface area contributed by atoms with E-state index in [-0.39, 0.29) is 21.7 Å². The Bertz CT molecular complexity index is 2810. The van der Waals surface area contributed by atoms with Gasteiger partial charge in [-0.25, -0.2) is 0 Å². The third kappa shape index (κ3) is 8.07. The molecular formula is C55H60N2S2. The van der Waals surface area contributed by atoms with Crippen LogP contribution in [0.5, 0.6) is 0 Å². The van der Waals surface area contributed by atoms with Crippen LogP contribution in [0.3, 0.4) is 0 Å². The smallest absolute Gasteiger partial charge is 0.101 e. The van der Waals surface area contributed by atoms with E-state index in [0.717, 1.165) is 22.7 Å². The van der Waals surface area contributed by atoms with E-state index in [0.29, 0.717) is 0 Å². The Hall–Kier alpha value is -4.90. The first kappa shape index (κ1) is 40.9. The second-order valence-corrected chi connectivity index (χ2v) is 22.7. The fourth-order valence-electron chi connectivity index (χ4n) is 8.09. The largest absolute Gasteiger partial charge is 0.309 e. The standard InChI is InChI=1S/C55H60N2S2/c1-35-29-43(34-44(30-35)57(42-25-19-38(20-26-42)53(5,6)7)50-32-36-31-39(54(8,9)10)21-27-48(36)58-50)56(41-23-17-37(18-24-41)52(2,3)4)47-16-14-15-45-46-33-40(55(11,12)13)22-28-49(46)59-51(45)47/h14-34H,1-13H3. The van der Waals surface area contributed by atoms with Gasteiger partial charge in [0.05, 0.1) is 10.4 Å². The zero-order chi connectivity index (χ0) is 42.2. The molecule has 302 valence electrons. The third-order valence-corrected chi connectivity index (χ3v) is 14.0. The van der Waals surface area contributed by atoms with Gasteiger partial charge in [0.1, 0.15) is 5.00 Å². The highest BCUT2D eigenvalue weighted by molar-refractivity contribution is 7.26. The third-order valence-electron chi connectivity index (χ3n) is 11.7. The van der Waals surface area contributed by atoms with Gasteiger partial charge in [-0.3, -0.25) is 0 Å². The SMILES string of the molecule is Cc1cc(N(c2ccc(C(C)(C)C)cc2)c2cc3cc(C(C)(C)C)ccc3s2)cc(N(c2ccc(C(C)(C)C)cc2)c2cccc3c2sc2ccc(C(C)(C)C)cc23)c1. The van der Waals surface area contributed by atoms with Crippen molar-refractivity contribution in [2.75, 3.05) is 9.80 Å². The van der Waals surface area contributed by atoms with Gasteiger partial charge >= 0.3 is 0 Å². The summed E-state index contributed by atoms with van der Waals surface area (Å²) >= 11 is 3.76. The molecule has 2 aromatic heterocycles. The lowest BCUT2D eigenvalue weighted by Gasteiger charge is -2.30. The van der Waals surface area contributed by atoms with Crippen molar-refractivity contribution < 1.29 is 0 Å². The van der Waals surface area contributed by atoms with E-state index in [1.54, 1.807) is 0 Å². The number of hydrogen-bond donors (Lipinski definition) is 0. The summed E-state index contributed by atoms with van der Waals surface area (Å²) in [6.45, 7) is 29.8. The van der Waals surface area contributed by atoms with Crippen molar-refractivity contribution in [3.8, 4) is 0 Å². The Morgan fingerprint density at radius 3 is 1.44 bits per heavy atom. The zero-order valence-electron chi connectivity index (χ0n) is 37.3. The summed E-state index contributed by atoms with van der Waals surface area (Å²) in [4.78, 5) is 4.96. The van der Waals surface area contributed by atoms with E-state index < -0.39 is 0 Å². The molecule has 2 nitrogen and oxygen atoms in total. The van der Waals surface area contributed by atoms with Crippen molar-refractivity contribution in [2.24, 2.45) is 0 Å². The van der Waals surface area contributed by atoms with Crippen LogP contribution in [0.15, 0.2) is 127 Å². The van der Waals surface area contributed by atoms with Crippen LogP contribution in [0.4, 0.5) is 33.4 Å². The highest BCUT2D eigenvalue weighted by Crippen LogP contribution is 2.49. The van der Waals surface area contributed by atoms with Gasteiger partial charge in [-0.1, -0.05) is 132 Å². The zero-order valence-corrected chi connectivity index (χ0v) is 39.0. The maximum Gasteiger partial charge on any atom is 0.101 e. The van der Waals surface area contributed by atoms with Crippen LogP contribution >= 0.6 is 22.7 Å². The van der Waals surface area contributed by atoms with Gasteiger partial charge in [-0.15, -0.1) is 22.7 Å². The first-order valence-electron chi connectivity index (χ1n) is 21.1. The van der Waals surface area contributed by atoms with Crippen molar-refractivity contribution >= 4 is 86.4 Å². The maximum absolute atomic E-state index is 2.49. The molecule has 0 spiro atoms. The average Bonchev–Trinajstić information content (AvgIpc) is 3.75.